The lowest BCUT2D eigenvalue weighted by molar-refractivity contribution is 0.174. The first-order valence-electron chi connectivity index (χ1n) is 11.1. The molecule has 168 valence electrons. The van der Waals surface area contributed by atoms with E-state index < -0.39 is 0 Å². The summed E-state index contributed by atoms with van der Waals surface area (Å²) in [4.78, 5) is 33.2. The van der Waals surface area contributed by atoms with Crippen molar-refractivity contribution in [2.75, 3.05) is 25.0 Å². The molecule has 0 spiro atoms. The molecule has 1 aromatic heterocycles. The maximum absolute atomic E-state index is 13.3. The number of hydrogen-bond acceptors (Lipinski definition) is 3. The van der Waals surface area contributed by atoms with Crippen LogP contribution in [0.15, 0.2) is 53.3 Å². The van der Waals surface area contributed by atoms with E-state index in [9.17, 15) is 9.59 Å². The zero-order valence-corrected chi connectivity index (χ0v) is 19.3. The van der Waals surface area contributed by atoms with Crippen molar-refractivity contribution in [1.29, 1.82) is 0 Å². The number of pyridine rings is 1. The second-order valence-electron chi connectivity index (χ2n) is 8.43. The standard InChI is InChI=1S/C25H29ClN4O2/c1-3-29-12-6-7-20(29)16-30(25(32)28-22-9-5-4-8-21(22)26)15-19-14-18-11-10-17(2)13-23(18)27-24(19)31/h4-5,8-11,13-14,20H,3,6-7,12,15-16H2,1-2H3,(H,27,31)(H,28,32)/t20-/m1/s1. The van der Waals surface area contributed by atoms with Gasteiger partial charge in [0.15, 0.2) is 0 Å². The monoisotopic (exact) mass is 452 g/mol. The van der Waals surface area contributed by atoms with Crippen LogP contribution in [0.4, 0.5) is 10.5 Å². The molecular weight excluding hydrogens is 424 g/mol. The normalized spacial score (nSPS) is 16.4. The van der Waals surface area contributed by atoms with Crippen molar-refractivity contribution in [2.45, 2.75) is 39.3 Å². The van der Waals surface area contributed by atoms with E-state index in [2.05, 4.69) is 22.1 Å². The third-order valence-corrected chi connectivity index (χ3v) is 6.51. The highest BCUT2D eigenvalue weighted by Gasteiger charge is 2.28. The number of carbonyl (C=O) groups excluding carboxylic acids is 1. The predicted octanol–water partition coefficient (Wildman–Crippen LogP) is 5.01. The fraction of sp³-hybridized carbons (Fsp3) is 0.360. The van der Waals surface area contributed by atoms with Gasteiger partial charge in [-0.2, -0.15) is 0 Å². The molecule has 1 atom stereocenters. The topological polar surface area (TPSA) is 68.4 Å². The molecule has 1 aliphatic rings. The van der Waals surface area contributed by atoms with Crippen LogP contribution in [-0.2, 0) is 6.54 Å². The first kappa shape index (κ1) is 22.4. The van der Waals surface area contributed by atoms with Gasteiger partial charge in [-0.1, -0.05) is 42.8 Å². The van der Waals surface area contributed by atoms with Gasteiger partial charge in [-0.3, -0.25) is 9.69 Å². The van der Waals surface area contributed by atoms with E-state index in [-0.39, 0.29) is 24.2 Å². The number of benzene rings is 2. The predicted molar refractivity (Wildman–Crippen MR) is 130 cm³/mol. The Hall–Kier alpha value is -2.83. The van der Waals surface area contributed by atoms with Crippen LogP contribution in [0.2, 0.25) is 5.02 Å². The minimum atomic E-state index is -0.260. The number of halogens is 1. The quantitative estimate of drug-likeness (QED) is 0.552. The molecule has 0 unspecified atom stereocenters. The number of carbonyl (C=O) groups is 1. The highest BCUT2D eigenvalue weighted by molar-refractivity contribution is 6.33. The number of nitrogens with zero attached hydrogens (tertiary/aromatic N) is 2. The number of rotatable bonds is 6. The van der Waals surface area contributed by atoms with Crippen LogP contribution in [0.25, 0.3) is 10.9 Å². The van der Waals surface area contributed by atoms with Crippen molar-refractivity contribution < 1.29 is 4.79 Å². The summed E-state index contributed by atoms with van der Waals surface area (Å²) in [5.74, 6) is 0. The highest BCUT2D eigenvalue weighted by atomic mass is 35.5. The van der Waals surface area contributed by atoms with Crippen LogP contribution >= 0.6 is 11.6 Å². The van der Waals surface area contributed by atoms with Gasteiger partial charge in [-0.15, -0.1) is 0 Å². The molecule has 1 aliphatic heterocycles. The molecule has 2 aromatic carbocycles. The highest BCUT2D eigenvalue weighted by Crippen LogP contribution is 2.23. The molecule has 4 rings (SSSR count). The van der Waals surface area contributed by atoms with Gasteiger partial charge in [0, 0.05) is 23.7 Å². The van der Waals surface area contributed by atoms with Crippen LogP contribution in [0.1, 0.15) is 30.9 Å². The molecule has 0 saturated carbocycles. The fourth-order valence-corrected chi connectivity index (χ4v) is 4.61. The van der Waals surface area contributed by atoms with Crippen LogP contribution in [-0.4, -0.2) is 46.5 Å². The molecule has 0 radical (unpaired) electrons. The average Bonchev–Trinajstić information content (AvgIpc) is 3.22. The summed E-state index contributed by atoms with van der Waals surface area (Å²) in [6.07, 6.45) is 2.16. The first-order chi connectivity index (χ1) is 15.4. The second kappa shape index (κ2) is 9.76. The number of anilines is 1. The van der Waals surface area contributed by atoms with E-state index in [0.717, 1.165) is 42.4 Å². The number of aromatic amines is 1. The summed E-state index contributed by atoms with van der Waals surface area (Å²) in [6.45, 7) is 6.90. The van der Waals surface area contributed by atoms with Crippen molar-refractivity contribution in [1.82, 2.24) is 14.8 Å². The Morgan fingerprint density at radius 3 is 2.84 bits per heavy atom. The molecule has 0 aliphatic carbocycles. The number of aryl methyl sites for hydroxylation is 1. The van der Waals surface area contributed by atoms with Crippen LogP contribution < -0.4 is 10.9 Å². The smallest absolute Gasteiger partial charge is 0.322 e. The van der Waals surface area contributed by atoms with Crippen LogP contribution in [0, 0.1) is 6.92 Å². The SMILES string of the molecule is CCN1CCC[C@@H]1CN(Cc1cc2ccc(C)cc2[nH]c1=O)C(=O)Nc1ccccc1Cl. The Kier molecular flexibility index (Phi) is 6.82. The summed E-state index contributed by atoms with van der Waals surface area (Å²) in [5.41, 5.74) is 2.85. The van der Waals surface area contributed by atoms with Crippen molar-refractivity contribution in [2.24, 2.45) is 0 Å². The molecule has 3 aromatic rings. The molecule has 1 saturated heterocycles. The first-order valence-corrected chi connectivity index (χ1v) is 11.5. The van der Waals surface area contributed by atoms with Gasteiger partial charge >= 0.3 is 6.03 Å². The number of amides is 2. The molecular formula is C25H29ClN4O2. The molecule has 1 fully saturated rings. The fourth-order valence-electron chi connectivity index (χ4n) is 4.43. The van der Waals surface area contributed by atoms with Crippen LogP contribution in [0.5, 0.6) is 0 Å². The molecule has 2 N–H and O–H groups in total. The summed E-state index contributed by atoms with van der Waals surface area (Å²) in [5, 5.41) is 4.36. The number of para-hydroxylation sites is 1. The van der Waals surface area contributed by atoms with E-state index in [0.29, 0.717) is 22.8 Å². The number of H-pyrrole nitrogens is 1. The third kappa shape index (κ3) is 4.97. The van der Waals surface area contributed by atoms with Gasteiger partial charge in [-0.05, 0) is 68.1 Å². The van der Waals surface area contributed by atoms with E-state index in [1.807, 2.05) is 43.3 Å². The Morgan fingerprint density at radius 2 is 2.06 bits per heavy atom. The summed E-state index contributed by atoms with van der Waals surface area (Å²) in [7, 11) is 0. The lowest BCUT2D eigenvalue weighted by Gasteiger charge is -2.30. The third-order valence-electron chi connectivity index (χ3n) is 6.18. The Balaban J connectivity index is 1.62. The number of likely N-dealkylation sites (tertiary alicyclic amines) is 1. The minimum absolute atomic E-state index is 0.169. The van der Waals surface area contributed by atoms with E-state index in [1.54, 1.807) is 17.0 Å². The van der Waals surface area contributed by atoms with Gasteiger partial charge in [0.2, 0.25) is 0 Å². The lowest BCUT2D eigenvalue weighted by atomic mass is 10.1. The summed E-state index contributed by atoms with van der Waals surface area (Å²) >= 11 is 6.26. The lowest BCUT2D eigenvalue weighted by Crippen LogP contribution is -2.45. The zero-order valence-electron chi connectivity index (χ0n) is 18.5. The number of fused-ring (bicyclic) bond motifs is 1. The van der Waals surface area contributed by atoms with E-state index in [1.165, 1.54) is 0 Å². The summed E-state index contributed by atoms with van der Waals surface area (Å²) < 4.78 is 0. The number of aromatic nitrogens is 1. The maximum atomic E-state index is 13.3. The van der Waals surface area contributed by atoms with Gasteiger partial charge in [-0.25, -0.2) is 4.79 Å². The minimum Gasteiger partial charge on any atom is -0.322 e. The average molecular weight is 453 g/mol. The van der Waals surface area contributed by atoms with Crippen molar-refractivity contribution >= 4 is 34.2 Å². The Morgan fingerprint density at radius 1 is 1.25 bits per heavy atom. The number of likely N-dealkylation sites (N-methyl/N-ethyl adjacent to an activating group) is 1. The van der Waals surface area contributed by atoms with Crippen LogP contribution in [0.3, 0.4) is 0 Å². The maximum Gasteiger partial charge on any atom is 0.322 e. The number of urea groups is 1. The second-order valence-corrected chi connectivity index (χ2v) is 8.84. The Labute approximate surface area is 193 Å². The van der Waals surface area contributed by atoms with Crippen molar-refractivity contribution in [3.63, 3.8) is 0 Å². The molecule has 0 bridgehead atoms. The Bertz CT molecular complexity index is 1180. The number of hydrogen-bond donors (Lipinski definition) is 2. The summed E-state index contributed by atoms with van der Waals surface area (Å²) in [6, 6.07) is 15.0. The molecule has 32 heavy (non-hydrogen) atoms. The van der Waals surface area contributed by atoms with Crippen molar-refractivity contribution in [3.8, 4) is 0 Å². The molecule has 2 amide bonds. The number of nitrogens with one attached hydrogen (secondary N) is 2. The van der Waals surface area contributed by atoms with Crippen molar-refractivity contribution in [3.05, 3.63) is 75.0 Å². The molecule has 6 nitrogen and oxygen atoms in total. The van der Waals surface area contributed by atoms with Gasteiger partial charge in [0.25, 0.3) is 5.56 Å². The van der Waals surface area contributed by atoms with E-state index >= 15 is 0 Å². The van der Waals surface area contributed by atoms with E-state index in [4.69, 9.17) is 11.6 Å². The molecule has 7 heteroatoms. The van der Waals surface area contributed by atoms with Gasteiger partial charge < -0.3 is 15.2 Å². The zero-order chi connectivity index (χ0) is 22.7. The largest absolute Gasteiger partial charge is 0.322 e. The molecule has 2 heterocycles. The van der Waals surface area contributed by atoms with Gasteiger partial charge in [0.1, 0.15) is 0 Å². The van der Waals surface area contributed by atoms with Gasteiger partial charge in [0.05, 0.1) is 17.3 Å².